The van der Waals surface area contributed by atoms with Gasteiger partial charge in [0.1, 0.15) is 5.82 Å². The number of benzene rings is 1. The molecule has 2 heterocycles. The van der Waals surface area contributed by atoms with Crippen molar-refractivity contribution in [3.05, 3.63) is 69.8 Å². The number of aromatic amines is 1. The van der Waals surface area contributed by atoms with E-state index in [0.717, 1.165) is 5.82 Å². The van der Waals surface area contributed by atoms with Crippen molar-refractivity contribution in [1.29, 1.82) is 0 Å². The number of nitrogens with one attached hydrogen (secondary N) is 1. The van der Waals surface area contributed by atoms with Crippen LogP contribution in [0.3, 0.4) is 0 Å². The van der Waals surface area contributed by atoms with Crippen LogP contribution in [-0.4, -0.2) is 14.6 Å². The Morgan fingerprint density at radius 3 is 2.67 bits per heavy atom. The third kappa shape index (κ3) is 1.93. The molecule has 0 aliphatic rings. The lowest BCUT2D eigenvalue weighted by Gasteiger charge is -1.98. The van der Waals surface area contributed by atoms with Crippen molar-refractivity contribution < 1.29 is 0 Å². The van der Waals surface area contributed by atoms with Crippen molar-refractivity contribution in [2.24, 2.45) is 0 Å². The van der Waals surface area contributed by atoms with Crippen LogP contribution in [0.4, 0.5) is 0 Å². The smallest absolute Gasteiger partial charge is 0.271 e. The fourth-order valence-corrected chi connectivity index (χ4v) is 1.95. The van der Waals surface area contributed by atoms with E-state index in [0.29, 0.717) is 12.1 Å². The molecule has 1 N–H and O–H groups in total. The molecule has 0 bridgehead atoms. The van der Waals surface area contributed by atoms with Gasteiger partial charge in [-0.25, -0.2) is 9.50 Å². The van der Waals surface area contributed by atoms with Gasteiger partial charge in [0.05, 0.1) is 0 Å². The summed E-state index contributed by atoms with van der Waals surface area (Å²) in [6.07, 6.45) is 0.696. The average Bonchev–Trinajstić information content (AvgIpc) is 2.76. The molecular weight excluding hydrogens is 226 g/mol. The van der Waals surface area contributed by atoms with E-state index in [2.05, 4.69) is 41.3 Å². The molecule has 0 unspecified atom stereocenters. The summed E-state index contributed by atoms with van der Waals surface area (Å²) < 4.78 is 1.46. The second kappa shape index (κ2) is 4.14. The number of nitrogens with zero attached hydrogens (tertiary/aromatic N) is 2. The molecule has 90 valence electrons. The lowest BCUT2D eigenvalue weighted by atomic mass is 10.1. The van der Waals surface area contributed by atoms with Crippen LogP contribution in [0.1, 0.15) is 17.0 Å². The number of pyridine rings is 1. The monoisotopic (exact) mass is 239 g/mol. The molecule has 0 spiro atoms. The van der Waals surface area contributed by atoms with Crippen LogP contribution in [-0.2, 0) is 6.42 Å². The van der Waals surface area contributed by atoms with Crippen molar-refractivity contribution >= 4 is 5.65 Å². The van der Waals surface area contributed by atoms with E-state index >= 15 is 0 Å². The van der Waals surface area contributed by atoms with E-state index in [9.17, 15) is 4.79 Å². The Kier molecular flexibility index (Phi) is 2.48. The highest BCUT2D eigenvalue weighted by atomic mass is 16.1. The van der Waals surface area contributed by atoms with Gasteiger partial charge in [0.2, 0.25) is 0 Å². The second-order valence-corrected chi connectivity index (χ2v) is 4.39. The minimum absolute atomic E-state index is 0.0878. The summed E-state index contributed by atoms with van der Waals surface area (Å²) in [6.45, 7) is 2.06. The van der Waals surface area contributed by atoms with Crippen LogP contribution in [0.5, 0.6) is 0 Å². The largest absolute Gasteiger partial charge is 0.276 e. The van der Waals surface area contributed by atoms with Crippen molar-refractivity contribution in [3.63, 3.8) is 0 Å². The molecule has 0 aliphatic heterocycles. The molecular formula is C14H13N3O. The summed E-state index contributed by atoms with van der Waals surface area (Å²) in [5, 5.41) is 3.02. The Morgan fingerprint density at radius 2 is 1.94 bits per heavy atom. The Morgan fingerprint density at radius 1 is 1.17 bits per heavy atom. The highest BCUT2D eigenvalue weighted by Crippen LogP contribution is 2.08. The Labute approximate surface area is 104 Å². The predicted molar refractivity (Wildman–Crippen MR) is 69.8 cm³/mol. The molecule has 0 atom stereocenters. The molecule has 3 aromatic rings. The lowest BCUT2D eigenvalue weighted by molar-refractivity contribution is 0.873. The van der Waals surface area contributed by atoms with E-state index in [-0.39, 0.29) is 5.56 Å². The van der Waals surface area contributed by atoms with Crippen molar-refractivity contribution in [3.8, 4) is 0 Å². The number of aryl methyl sites for hydroxylation is 1. The minimum atomic E-state index is -0.0878. The van der Waals surface area contributed by atoms with Crippen LogP contribution in [0, 0.1) is 6.92 Å². The van der Waals surface area contributed by atoms with Crippen LogP contribution < -0.4 is 5.56 Å². The van der Waals surface area contributed by atoms with Crippen LogP contribution in [0.25, 0.3) is 5.65 Å². The first kappa shape index (κ1) is 10.8. The van der Waals surface area contributed by atoms with Crippen LogP contribution in [0.15, 0.2) is 47.3 Å². The molecule has 2 aromatic heterocycles. The quantitative estimate of drug-likeness (QED) is 0.742. The van der Waals surface area contributed by atoms with Gasteiger partial charge >= 0.3 is 0 Å². The first-order valence-corrected chi connectivity index (χ1v) is 5.84. The Bertz CT molecular complexity index is 738. The maximum atomic E-state index is 11.6. The summed E-state index contributed by atoms with van der Waals surface area (Å²) in [6, 6.07) is 13.3. The van der Waals surface area contributed by atoms with E-state index in [1.165, 1.54) is 21.7 Å². The van der Waals surface area contributed by atoms with Gasteiger partial charge in [-0.05, 0) is 18.6 Å². The van der Waals surface area contributed by atoms with E-state index in [4.69, 9.17) is 0 Å². The highest BCUT2D eigenvalue weighted by Gasteiger charge is 2.04. The van der Waals surface area contributed by atoms with Gasteiger partial charge in [-0.15, -0.1) is 0 Å². The topological polar surface area (TPSA) is 50.2 Å². The number of hydrogen-bond acceptors (Lipinski definition) is 2. The molecule has 0 fully saturated rings. The zero-order valence-corrected chi connectivity index (χ0v) is 10.1. The molecule has 0 aliphatic carbocycles. The number of fused-ring (bicyclic) bond motifs is 1. The zero-order chi connectivity index (χ0) is 12.5. The minimum Gasteiger partial charge on any atom is -0.276 e. The molecule has 4 nitrogen and oxygen atoms in total. The molecule has 0 radical (unpaired) electrons. The maximum Gasteiger partial charge on any atom is 0.271 e. The lowest BCUT2D eigenvalue weighted by Crippen LogP contribution is -2.11. The molecule has 3 rings (SSSR count). The standard InChI is InChI=1S/C14H13N3O/c1-10-5-7-11(8-6-10)9-12-15-13-3-2-4-14(18)17(13)16-12/h2-8H,9H2,1H3,(H,15,16). The van der Waals surface area contributed by atoms with Crippen molar-refractivity contribution in [2.45, 2.75) is 13.3 Å². The highest BCUT2D eigenvalue weighted by molar-refractivity contribution is 5.37. The van der Waals surface area contributed by atoms with Gasteiger partial charge in [-0.1, -0.05) is 35.9 Å². The fraction of sp³-hybridized carbons (Fsp3) is 0.143. The number of aromatic nitrogens is 3. The summed E-state index contributed by atoms with van der Waals surface area (Å²) >= 11 is 0. The van der Waals surface area contributed by atoms with Crippen molar-refractivity contribution in [1.82, 2.24) is 14.6 Å². The SMILES string of the molecule is Cc1ccc(Cc2nc3cccc(=O)n3[nH]2)cc1. The van der Waals surface area contributed by atoms with E-state index < -0.39 is 0 Å². The zero-order valence-electron chi connectivity index (χ0n) is 10.1. The number of H-pyrrole nitrogens is 1. The number of hydrogen-bond donors (Lipinski definition) is 1. The molecule has 0 amide bonds. The normalized spacial score (nSPS) is 10.9. The van der Waals surface area contributed by atoms with Crippen molar-refractivity contribution in [2.75, 3.05) is 0 Å². The van der Waals surface area contributed by atoms with E-state index in [1.807, 2.05) is 6.07 Å². The van der Waals surface area contributed by atoms with Gasteiger partial charge in [0.25, 0.3) is 5.56 Å². The molecule has 18 heavy (non-hydrogen) atoms. The summed E-state index contributed by atoms with van der Waals surface area (Å²) in [7, 11) is 0. The van der Waals surface area contributed by atoms with Crippen LogP contribution >= 0.6 is 0 Å². The van der Waals surface area contributed by atoms with Gasteiger partial charge in [0, 0.05) is 12.5 Å². The predicted octanol–water partition coefficient (Wildman–Crippen LogP) is 1.92. The first-order valence-electron chi connectivity index (χ1n) is 5.84. The Hall–Kier alpha value is -2.36. The summed E-state index contributed by atoms with van der Waals surface area (Å²) in [5.41, 5.74) is 2.98. The molecule has 0 saturated carbocycles. The third-order valence-electron chi connectivity index (χ3n) is 2.92. The van der Waals surface area contributed by atoms with Gasteiger partial charge < -0.3 is 0 Å². The molecule has 0 saturated heterocycles. The average molecular weight is 239 g/mol. The summed E-state index contributed by atoms with van der Waals surface area (Å²) in [5.74, 6) is 0.794. The van der Waals surface area contributed by atoms with Gasteiger partial charge in [0.15, 0.2) is 5.65 Å². The fourth-order valence-electron chi connectivity index (χ4n) is 1.95. The Balaban J connectivity index is 1.98. The second-order valence-electron chi connectivity index (χ2n) is 4.39. The maximum absolute atomic E-state index is 11.6. The van der Waals surface area contributed by atoms with Gasteiger partial charge in [-0.2, -0.15) is 0 Å². The molecule has 4 heteroatoms. The molecule has 1 aromatic carbocycles. The number of rotatable bonds is 2. The third-order valence-corrected chi connectivity index (χ3v) is 2.92. The first-order chi connectivity index (χ1) is 8.72. The van der Waals surface area contributed by atoms with E-state index in [1.54, 1.807) is 6.07 Å². The van der Waals surface area contributed by atoms with Crippen LogP contribution in [0.2, 0.25) is 0 Å². The summed E-state index contributed by atoms with van der Waals surface area (Å²) in [4.78, 5) is 16.0. The van der Waals surface area contributed by atoms with Gasteiger partial charge in [-0.3, -0.25) is 9.89 Å².